The van der Waals surface area contributed by atoms with Crippen LogP contribution in [0.5, 0.6) is 0 Å². The largest absolute Gasteiger partial charge is 0.396 e. The number of hydrogen-bond donors (Lipinski definition) is 2. The van der Waals surface area contributed by atoms with E-state index in [-0.39, 0.29) is 17.7 Å². The highest BCUT2D eigenvalue weighted by molar-refractivity contribution is 9.10. The highest BCUT2D eigenvalue weighted by Crippen LogP contribution is 2.12. The Kier molecular flexibility index (Phi) is 5.91. The third-order valence-corrected chi connectivity index (χ3v) is 3.70. The van der Waals surface area contributed by atoms with Gasteiger partial charge in [-0.15, -0.1) is 0 Å². The number of pyridine rings is 2. The first-order valence-electron chi connectivity index (χ1n) is 6.96. The molecule has 0 saturated carbocycles. The number of aromatic nitrogens is 2. The summed E-state index contributed by atoms with van der Waals surface area (Å²) in [5, 5.41) is 9.19. The molecule has 2 heterocycles. The lowest BCUT2D eigenvalue weighted by atomic mass is 10.1. The van der Waals surface area contributed by atoms with E-state index in [0.29, 0.717) is 19.3 Å². The van der Waals surface area contributed by atoms with E-state index in [2.05, 4.69) is 20.9 Å². The smallest absolute Gasteiger partial charge is 0.255 e. The van der Waals surface area contributed by atoms with E-state index >= 15 is 0 Å². The van der Waals surface area contributed by atoms with Gasteiger partial charge in [0.2, 0.25) is 5.56 Å². The average molecular weight is 365 g/mol. The molecule has 0 saturated heterocycles. The Hall–Kier alpha value is -1.92. The fraction of sp³-hybridized carbons (Fsp3) is 0.250. The third kappa shape index (κ3) is 4.54. The fourth-order valence-electron chi connectivity index (χ4n) is 2.18. The molecular weight excluding hydrogens is 348 g/mol. The number of nitrogens with zero attached hydrogens (tertiary/aromatic N) is 1. The van der Waals surface area contributed by atoms with Gasteiger partial charge in [-0.1, -0.05) is 22.0 Å². The van der Waals surface area contributed by atoms with Crippen LogP contribution in [0.3, 0.4) is 0 Å². The van der Waals surface area contributed by atoms with Crippen molar-refractivity contribution in [2.75, 3.05) is 6.61 Å². The van der Waals surface area contributed by atoms with Crippen LogP contribution in [0.2, 0.25) is 0 Å². The van der Waals surface area contributed by atoms with Crippen LogP contribution in [0.4, 0.5) is 0 Å². The van der Waals surface area contributed by atoms with Gasteiger partial charge in [-0.3, -0.25) is 14.2 Å². The molecule has 22 heavy (non-hydrogen) atoms. The average Bonchev–Trinajstić information content (AvgIpc) is 2.47. The Morgan fingerprint density at radius 1 is 1.32 bits per heavy atom. The normalized spacial score (nSPS) is 11.6. The number of allylic oxidation sites excluding steroid dienone is 1. The van der Waals surface area contributed by atoms with Crippen LogP contribution in [0.1, 0.15) is 18.4 Å². The lowest BCUT2D eigenvalue weighted by Gasteiger charge is -2.10. The van der Waals surface area contributed by atoms with Crippen LogP contribution in [0, 0.1) is 0 Å². The maximum absolute atomic E-state index is 12.0. The summed E-state index contributed by atoms with van der Waals surface area (Å²) < 4.78 is 2.25. The van der Waals surface area contributed by atoms with Crippen LogP contribution in [-0.2, 0) is 6.42 Å². The minimum absolute atomic E-state index is 0.0284. The minimum atomic E-state index is -0.148. The zero-order valence-electron chi connectivity index (χ0n) is 12.0. The maximum atomic E-state index is 12.0. The second kappa shape index (κ2) is 7.91. The van der Waals surface area contributed by atoms with Gasteiger partial charge in [0.05, 0.1) is 0 Å². The van der Waals surface area contributed by atoms with Gasteiger partial charge < -0.3 is 10.1 Å². The second-order valence-corrected chi connectivity index (χ2v) is 5.74. The fourth-order valence-corrected chi connectivity index (χ4v) is 2.49. The molecule has 0 radical (unpaired) electrons. The van der Waals surface area contributed by atoms with Gasteiger partial charge in [-0.2, -0.15) is 0 Å². The maximum Gasteiger partial charge on any atom is 0.255 e. The van der Waals surface area contributed by atoms with Gasteiger partial charge in [0.1, 0.15) is 0 Å². The molecule has 0 fully saturated rings. The van der Waals surface area contributed by atoms with Gasteiger partial charge >= 0.3 is 0 Å². The van der Waals surface area contributed by atoms with Crippen molar-refractivity contribution in [3.63, 3.8) is 0 Å². The summed E-state index contributed by atoms with van der Waals surface area (Å²) in [6.45, 7) is -0.0284. The standard InChI is InChI=1S/C16H17BrN2O3/c17-13-5-8-19(16(22)11-13)14(6-9-20)3-1-2-12-4-7-18-15(21)10-12/h3-5,7-8,10-11,20H,1-2,6,9H2,(H,18,21)/b14-3+. The van der Waals surface area contributed by atoms with Gasteiger partial charge in [0, 0.05) is 47.7 Å². The van der Waals surface area contributed by atoms with Crippen molar-refractivity contribution in [1.29, 1.82) is 0 Å². The zero-order chi connectivity index (χ0) is 15.9. The van der Waals surface area contributed by atoms with Gasteiger partial charge in [-0.05, 0) is 30.5 Å². The molecule has 2 aromatic heterocycles. The number of aryl methyl sites for hydroxylation is 1. The van der Waals surface area contributed by atoms with Crippen molar-refractivity contribution in [3.8, 4) is 0 Å². The predicted molar refractivity (Wildman–Crippen MR) is 89.8 cm³/mol. The Morgan fingerprint density at radius 2 is 2.14 bits per heavy atom. The van der Waals surface area contributed by atoms with E-state index in [9.17, 15) is 14.7 Å². The Bertz CT molecular complexity index is 777. The van der Waals surface area contributed by atoms with Crippen molar-refractivity contribution < 1.29 is 5.11 Å². The van der Waals surface area contributed by atoms with E-state index in [1.807, 2.05) is 12.1 Å². The molecule has 116 valence electrons. The molecule has 0 unspecified atom stereocenters. The van der Waals surface area contributed by atoms with E-state index in [1.54, 1.807) is 24.5 Å². The number of hydrogen-bond acceptors (Lipinski definition) is 3. The number of halogens is 1. The van der Waals surface area contributed by atoms with Crippen molar-refractivity contribution in [2.24, 2.45) is 0 Å². The second-order valence-electron chi connectivity index (χ2n) is 4.82. The quantitative estimate of drug-likeness (QED) is 0.824. The number of nitrogens with one attached hydrogen (secondary N) is 1. The number of aromatic amines is 1. The van der Waals surface area contributed by atoms with Crippen LogP contribution in [0.15, 0.2) is 56.8 Å². The van der Waals surface area contributed by atoms with Crippen LogP contribution in [0.25, 0.3) is 5.70 Å². The highest BCUT2D eigenvalue weighted by atomic mass is 79.9. The van der Waals surface area contributed by atoms with E-state index in [0.717, 1.165) is 15.7 Å². The number of aliphatic hydroxyl groups is 1. The molecule has 2 rings (SSSR count). The molecule has 0 aliphatic rings. The molecule has 6 heteroatoms. The summed E-state index contributed by atoms with van der Waals surface area (Å²) in [7, 11) is 0. The van der Waals surface area contributed by atoms with Crippen LogP contribution < -0.4 is 11.1 Å². The topological polar surface area (TPSA) is 75.1 Å². The van der Waals surface area contributed by atoms with Crippen LogP contribution >= 0.6 is 15.9 Å². The monoisotopic (exact) mass is 364 g/mol. The van der Waals surface area contributed by atoms with Crippen molar-refractivity contribution in [3.05, 3.63) is 73.5 Å². The molecule has 0 bridgehead atoms. The van der Waals surface area contributed by atoms with Crippen molar-refractivity contribution >= 4 is 21.6 Å². The summed E-state index contributed by atoms with van der Waals surface area (Å²) in [5.41, 5.74) is 1.42. The van der Waals surface area contributed by atoms with E-state index in [1.165, 1.54) is 10.6 Å². The minimum Gasteiger partial charge on any atom is -0.396 e. The number of aliphatic hydroxyl groups excluding tert-OH is 1. The van der Waals surface area contributed by atoms with Crippen molar-refractivity contribution in [2.45, 2.75) is 19.3 Å². The predicted octanol–water partition coefficient (Wildman–Crippen LogP) is 2.16. The first-order valence-corrected chi connectivity index (χ1v) is 7.75. The molecule has 2 N–H and O–H groups in total. The summed E-state index contributed by atoms with van der Waals surface area (Å²) in [4.78, 5) is 25.8. The van der Waals surface area contributed by atoms with E-state index in [4.69, 9.17) is 0 Å². The molecule has 2 aromatic rings. The molecule has 0 aliphatic carbocycles. The highest BCUT2D eigenvalue weighted by Gasteiger charge is 2.03. The summed E-state index contributed by atoms with van der Waals surface area (Å²) in [6, 6.07) is 6.68. The summed E-state index contributed by atoms with van der Waals surface area (Å²) in [6.07, 6.45) is 7.01. The Morgan fingerprint density at radius 3 is 2.82 bits per heavy atom. The summed E-state index contributed by atoms with van der Waals surface area (Å²) in [5.74, 6) is 0. The molecule has 0 spiro atoms. The van der Waals surface area contributed by atoms with Gasteiger partial charge in [0.15, 0.2) is 0 Å². The first kappa shape index (κ1) is 16.5. The lowest BCUT2D eigenvalue weighted by molar-refractivity contribution is 0.303. The Labute approximate surface area is 136 Å². The number of rotatable bonds is 6. The molecule has 0 amide bonds. The first-order chi connectivity index (χ1) is 10.6. The molecule has 0 aliphatic heterocycles. The lowest BCUT2D eigenvalue weighted by Crippen LogP contribution is -2.18. The molecule has 0 atom stereocenters. The van der Waals surface area contributed by atoms with Crippen LogP contribution in [-0.4, -0.2) is 21.3 Å². The van der Waals surface area contributed by atoms with Gasteiger partial charge in [0.25, 0.3) is 5.56 Å². The molecule has 0 aromatic carbocycles. The molecular formula is C16H17BrN2O3. The zero-order valence-corrected chi connectivity index (χ0v) is 13.5. The van der Waals surface area contributed by atoms with Gasteiger partial charge in [-0.25, -0.2) is 0 Å². The van der Waals surface area contributed by atoms with Crippen molar-refractivity contribution in [1.82, 2.24) is 9.55 Å². The summed E-state index contributed by atoms with van der Waals surface area (Å²) >= 11 is 3.26. The molecule has 5 nitrogen and oxygen atoms in total. The Balaban J connectivity index is 2.16. The SMILES string of the molecule is O=c1cc(CC/C=C(\CCO)n2ccc(Br)cc2=O)cc[nH]1. The third-order valence-electron chi connectivity index (χ3n) is 3.21. The number of H-pyrrole nitrogens is 1. The van der Waals surface area contributed by atoms with E-state index < -0.39 is 0 Å².